The molecule has 0 N–H and O–H groups in total. The van der Waals surface area contributed by atoms with E-state index in [0.717, 1.165) is 38.9 Å². The van der Waals surface area contributed by atoms with Crippen LogP contribution in [-0.2, 0) is 5.41 Å². The molecule has 1 heterocycles. The molecule has 7 aromatic carbocycles. The lowest BCUT2D eigenvalue weighted by molar-refractivity contribution is 0.768. The maximum atomic E-state index is 5.72. The fourth-order valence-electron chi connectivity index (χ4n) is 7.58. The Bertz CT molecular complexity index is 2550. The van der Waals surface area contributed by atoms with Gasteiger partial charge in [-0.05, 0) is 68.8 Å². The van der Waals surface area contributed by atoms with Gasteiger partial charge in [0.2, 0.25) is 0 Å². The molecule has 1 aromatic heterocycles. The quantitative estimate of drug-likeness (QED) is 0.168. The SMILES string of the molecule is C#Cc1cccc(-c2cccc(-c3nc(-c4ccccc4)nc(-c4cccc(C5(c6ccccc6)c6ccccc6-c6ccccc65)c4)n3)c2)c1. The molecule has 0 aliphatic heterocycles. The molecule has 0 fully saturated rings. The summed E-state index contributed by atoms with van der Waals surface area (Å²) in [6.07, 6.45) is 5.72. The minimum atomic E-state index is -0.524. The first-order valence-electron chi connectivity index (χ1n) is 17.1. The van der Waals surface area contributed by atoms with E-state index in [1.165, 1.54) is 27.8 Å². The zero-order chi connectivity index (χ0) is 34.2. The number of hydrogen-bond donors (Lipinski definition) is 0. The van der Waals surface area contributed by atoms with Gasteiger partial charge in [0.15, 0.2) is 17.5 Å². The van der Waals surface area contributed by atoms with Crippen LogP contribution < -0.4 is 0 Å². The molecule has 0 saturated carbocycles. The summed E-state index contributed by atoms with van der Waals surface area (Å²) in [5.74, 6) is 4.59. The molecule has 8 aromatic rings. The number of hydrogen-bond acceptors (Lipinski definition) is 3. The van der Waals surface area contributed by atoms with Crippen molar-refractivity contribution in [1.29, 1.82) is 0 Å². The van der Waals surface area contributed by atoms with Crippen LogP contribution in [0.25, 0.3) is 56.4 Å². The van der Waals surface area contributed by atoms with Crippen molar-refractivity contribution in [2.75, 3.05) is 0 Å². The average Bonchev–Trinajstić information content (AvgIpc) is 3.52. The molecule has 1 aliphatic rings. The van der Waals surface area contributed by atoms with Gasteiger partial charge in [0, 0.05) is 22.3 Å². The Morgan fingerprint density at radius 1 is 0.373 bits per heavy atom. The summed E-state index contributed by atoms with van der Waals surface area (Å²) in [5.41, 5.74) is 12.6. The van der Waals surface area contributed by atoms with E-state index in [1.54, 1.807) is 0 Å². The van der Waals surface area contributed by atoms with Crippen LogP contribution in [0.4, 0.5) is 0 Å². The zero-order valence-electron chi connectivity index (χ0n) is 27.7. The molecule has 0 radical (unpaired) electrons. The van der Waals surface area contributed by atoms with E-state index in [4.69, 9.17) is 21.4 Å². The predicted molar refractivity (Wildman–Crippen MR) is 207 cm³/mol. The lowest BCUT2D eigenvalue weighted by atomic mass is 9.67. The van der Waals surface area contributed by atoms with E-state index in [9.17, 15) is 0 Å². The van der Waals surface area contributed by atoms with Crippen LogP contribution >= 0.6 is 0 Å². The maximum absolute atomic E-state index is 5.72. The van der Waals surface area contributed by atoms with Crippen molar-refractivity contribution in [1.82, 2.24) is 15.0 Å². The lowest BCUT2D eigenvalue weighted by Crippen LogP contribution is -2.28. The Morgan fingerprint density at radius 2 is 0.824 bits per heavy atom. The fraction of sp³-hybridized carbons (Fsp3) is 0.0208. The molecule has 0 bridgehead atoms. The van der Waals surface area contributed by atoms with Gasteiger partial charge < -0.3 is 0 Å². The first-order valence-corrected chi connectivity index (χ1v) is 17.1. The van der Waals surface area contributed by atoms with Crippen LogP contribution in [0.15, 0.2) is 182 Å². The number of rotatable bonds is 6. The molecule has 0 amide bonds. The minimum absolute atomic E-state index is 0.524. The number of nitrogens with zero attached hydrogens (tertiary/aromatic N) is 3. The van der Waals surface area contributed by atoms with Gasteiger partial charge in [-0.25, -0.2) is 15.0 Å². The molecular weight excluding hydrogens is 619 g/mol. The third-order valence-corrected chi connectivity index (χ3v) is 9.86. The van der Waals surface area contributed by atoms with E-state index < -0.39 is 5.41 Å². The lowest BCUT2D eigenvalue weighted by Gasteiger charge is -2.34. The number of aromatic nitrogens is 3. The second-order valence-corrected chi connectivity index (χ2v) is 12.8. The smallest absolute Gasteiger partial charge is 0.164 e. The van der Waals surface area contributed by atoms with E-state index in [-0.39, 0.29) is 0 Å². The van der Waals surface area contributed by atoms with Crippen LogP contribution in [0.2, 0.25) is 0 Å². The van der Waals surface area contributed by atoms with Crippen LogP contribution in [0.1, 0.15) is 27.8 Å². The maximum Gasteiger partial charge on any atom is 0.164 e. The number of benzene rings is 7. The Labute approximate surface area is 298 Å². The summed E-state index contributed by atoms with van der Waals surface area (Å²) in [5, 5.41) is 0. The first-order chi connectivity index (χ1) is 25.2. The Hall–Kier alpha value is -6.89. The average molecular weight is 650 g/mol. The van der Waals surface area contributed by atoms with Crippen molar-refractivity contribution >= 4 is 0 Å². The number of terminal acetylenes is 1. The normalized spacial score (nSPS) is 12.5. The van der Waals surface area contributed by atoms with E-state index >= 15 is 0 Å². The summed E-state index contributed by atoms with van der Waals surface area (Å²) < 4.78 is 0. The van der Waals surface area contributed by atoms with Gasteiger partial charge in [0.05, 0.1) is 5.41 Å². The summed E-state index contributed by atoms with van der Waals surface area (Å²) in [6, 6.07) is 63.6. The summed E-state index contributed by atoms with van der Waals surface area (Å²) in [7, 11) is 0. The second kappa shape index (κ2) is 12.5. The van der Waals surface area contributed by atoms with E-state index in [2.05, 4.69) is 133 Å². The highest BCUT2D eigenvalue weighted by atomic mass is 15.0. The molecule has 0 atom stereocenters. The van der Waals surface area contributed by atoms with Crippen molar-refractivity contribution in [2.45, 2.75) is 5.41 Å². The molecule has 1 aliphatic carbocycles. The van der Waals surface area contributed by atoms with Gasteiger partial charge in [-0.2, -0.15) is 0 Å². The molecule has 238 valence electrons. The molecular formula is C48H31N3. The van der Waals surface area contributed by atoms with Gasteiger partial charge in [-0.1, -0.05) is 164 Å². The molecule has 0 spiro atoms. The fourth-order valence-corrected chi connectivity index (χ4v) is 7.58. The van der Waals surface area contributed by atoms with Crippen LogP contribution in [-0.4, -0.2) is 15.0 Å². The van der Waals surface area contributed by atoms with Crippen LogP contribution in [0, 0.1) is 12.3 Å². The third-order valence-electron chi connectivity index (χ3n) is 9.86. The third kappa shape index (κ3) is 5.14. The summed E-state index contributed by atoms with van der Waals surface area (Å²) >= 11 is 0. The molecule has 51 heavy (non-hydrogen) atoms. The number of fused-ring (bicyclic) bond motifs is 3. The Morgan fingerprint density at radius 3 is 1.47 bits per heavy atom. The Balaban J connectivity index is 1.25. The van der Waals surface area contributed by atoms with E-state index in [0.29, 0.717) is 17.5 Å². The minimum Gasteiger partial charge on any atom is -0.208 e. The van der Waals surface area contributed by atoms with Crippen molar-refractivity contribution in [3.63, 3.8) is 0 Å². The van der Waals surface area contributed by atoms with Crippen molar-refractivity contribution in [2.24, 2.45) is 0 Å². The standard InChI is InChI=1S/C48H31N3/c1-2-33-16-13-19-35(30-33)36-20-14-21-37(31-36)46-49-45(34-17-5-3-6-18-34)50-47(51-46)38-22-15-25-40(32-38)48(39-23-7-4-8-24-39)43-28-11-9-26-41(43)42-27-10-12-29-44(42)48/h1,3-32H. The second-order valence-electron chi connectivity index (χ2n) is 12.8. The molecule has 0 unspecified atom stereocenters. The first kappa shape index (κ1) is 30.2. The summed E-state index contributed by atoms with van der Waals surface area (Å²) in [6.45, 7) is 0. The topological polar surface area (TPSA) is 38.7 Å². The van der Waals surface area contributed by atoms with Crippen molar-refractivity contribution in [3.8, 4) is 68.8 Å². The van der Waals surface area contributed by atoms with E-state index in [1.807, 2.05) is 54.6 Å². The Kier molecular flexibility index (Phi) is 7.42. The monoisotopic (exact) mass is 649 g/mol. The highest BCUT2D eigenvalue weighted by Crippen LogP contribution is 2.56. The van der Waals surface area contributed by atoms with Gasteiger partial charge in [0.1, 0.15) is 0 Å². The molecule has 9 rings (SSSR count). The molecule has 0 saturated heterocycles. The molecule has 3 heteroatoms. The van der Waals surface area contributed by atoms with Crippen LogP contribution in [0.5, 0.6) is 0 Å². The highest BCUT2D eigenvalue weighted by Gasteiger charge is 2.45. The summed E-state index contributed by atoms with van der Waals surface area (Å²) in [4.78, 5) is 15.3. The van der Waals surface area contributed by atoms with Crippen molar-refractivity contribution < 1.29 is 0 Å². The van der Waals surface area contributed by atoms with Gasteiger partial charge in [0.25, 0.3) is 0 Å². The molecule has 3 nitrogen and oxygen atoms in total. The van der Waals surface area contributed by atoms with Crippen LogP contribution in [0.3, 0.4) is 0 Å². The largest absolute Gasteiger partial charge is 0.208 e. The zero-order valence-corrected chi connectivity index (χ0v) is 27.7. The van der Waals surface area contributed by atoms with Gasteiger partial charge in [-0.15, -0.1) is 6.42 Å². The van der Waals surface area contributed by atoms with Gasteiger partial charge in [-0.3, -0.25) is 0 Å². The van der Waals surface area contributed by atoms with Crippen molar-refractivity contribution in [3.05, 3.63) is 210 Å². The highest BCUT2D eigenvalue weighted by molar-refractivity contribution is 5.86. The van der Waals surface area contributed by atoms with Gasteiger partial charge >= 0.3 is 0 Å². The predicted octanol–water partition coefficient (Wildman–Crippen LogP) is 10.9.